The summed E-state index contributed by atoms with van der Waals surface area (Å²) in [6.45, 7) is 1.45. The van der Waals surface area contributed by atoms with Gasteiger partial charge in [0, 0.05) is 5.56 Å². The molecule has 0 saturated heterocycles. The molecule has 1 aromatic rings. The summed E-state index contributed by atoms with van der Waals surface area (Å²) in [5.41, 5.74) is 0.609. The molecule has 0 bridgehead atoms. The quantitative estimate of drug-likeness (QED) is 0.588. The average Bonchev–Trinajstić information content (AvgIpc) is 2.26. The van der Waals surface area contributed by atoms with E-state index >= 15 is 0 Å². The van der Waals surface area contributed by atoms with Gasteiger partial charge in [0.1, 0.15) is 13.6 Å². The maximum atomic E-state index is 11.6. The number of carboxylic acids is 1. The van der Waals surface area contributed by atoms with Crippen LogP contribution >= 0.6 is 0 Å². The summed E-state index contributed by atoms with van der Waals surface area (Å²) in [5, 5.41) is 8.41. The highest BCUT2D eigenvalue weighted by atomic mass is 16.5. The number of rotatable bonds is 5. The fraction of sp³-hybridized carbons (Fsp3) is 0.273. The van der Waals surface area contributed by atoms with E-state index in [1.54, 1.807) is 24.3 Å². The first kappa shape index (κ1) is 12.3. The number of ketones is 1. The van der Waals surface area contributed by atoms with Crippen LogP contribution in [0.1, 0.15) is 17.3 Å². The molecule has 5 heteroatoms. The van der Waals surface area contributed by atoms with Gasteiger partial charge in [-0.1, -0.05) is 6.92 Å². The Morgan fingerprint density at radius 2 is 1.94 bits per heavy atom. The average molecular weight is 220 g/mol. The molecule has 4 nitrogen and oxygen atoms in total. The first-order valence-corrected chi connectivity index (χ1v) is 4.99. The predicted octanol–water partition coefficient (Wildman–Crippen LogP) is 0.774. The second-order valence-electron chi connectivity index (χ2n) is 3.73. The van der Waals surface area contributed by atoms with E-state index in [1.807, 2.05) is 14.8 Å². The number of benzene rings is 1. The molecule has 1 unspecified atom stereocenters. The second-order valence-corrected chi connectivity index (χ2v) is 3.73. The number of hydrogen-bond acceptors (Lipinski definition) is 3. The van der Waals surface area contributed by atoms with Crippen molar-refractivity contribution in [1.82, 2.24) is 0 Å². The normalized spacial score (nSPS) is 11.8. The predicted molar refractivity (Wildman–Crippen MR) is 61.9 cm³/mol. The Morgan fingerprint density at radius 3 is 2.38 bits per heavy atom. The van der Waals surface area contributed by atoms with Gasteiger partial charge in [0.15, 0.2) is 12.4 Å². The van der Waals surface area contributed by atoms with Crippen molar-refractivity contribution in [2.45, 2.75) is 12.7 Å². The van der Waals surface area contributed by atoms with Crippen LogP contribution in [0.15, 0.2) is 24.3 Å². The summed E-state index contributed by atoms with van der Waals surface area (Å²) in [6, 6.07) is 6.47. The lowest BCUT2D eigenvalue weighted by atomic mass is 9.83. The molecule has 0 aliphatic carbocycles. The van der Waals surface area contributed by atoms with Gasteiger partial charge in [-0.2, -0.15) is 0 Å². The Bertz CT molecular complexity index is 383. The Kier molecular flexibility index (Phi) is 4.11. The Hall–Kier alpha value is -1.78. The van der Waals surface area contributed by atoms with Crippen molar-refractivity contribution in [2.24, 2.45) is 0 Å². The number of ether oxygens (including phenoxy) is 1. The smallest absolute Gasteiger partial charge is 0.341 e. The van der Waals surface area contributed by atoms with Gasteiger partial charge in [0.05, 0.1) is 0 Å². The Balaban J connectivity index is 2.68. The lowest BCUT2D eigenvalue weighted by Gasteiger charge is -2.06. The molecule has 0 aliphatic rings. The molecule has 0 aromatic heterocycles. The van der Waals surface area contributed by atoms with Crippen molar-refractivity contribution in [1.29, 1.82) is 0 Å². The summed E-state index contributed by atoms with van der Waals surface area (Å²) in [4.78, 5) is 21.8. The number of hydrogen-bond donors (Lipinski definition) is 1. The summed E-state index contributed by atoms with van der Waals surface area (Å²) in [5.74, 6) is -0.569. The molecule has 0 amide bonds. The minimum atomic E-state index is -1.03. The van der Waals surface area contributed by atoms with E-state index in [9.17, 15) is 9.59 Å². The molecule has 0 aliphatic heterocycles. The van der Waals surface area contributed by atoms with Crippen molar-refractivity contribution in [2.75, 3.05) is 6.61 Å². The first-order valence-electron chi connectivity index (χ1n) is 4.99. The Labute approximate surface area is 94.6 Å². The minimum Gasteiger partial charge on any atom is -0.482 e. The molecule has 0 fully saturated rings. The molecule has 1 rings (SSSR count). The van der Waals surface area contributed by atoms with Crippen LogP contribution in [0.25, 0.3) is 0 Å². The zero-order valence-corrected chi connectivity index (χ0v) is 9.27. The van der Waals surface area contributed by atoms with Crippen molar-refractivity contribution in [3.05, 3.63) is 29.8 Å². The van der Waals surface area contributed by atoms with Crippen LogP contribution in [-0.2, 0) is 4.79 Å². The molecule has 0 saturated carbocycles. The molecular formula is C11H13BO4. The SMILES string of the molecule is BC(C)C(=O)c1ccc(OCC(=O)O)cc1. The van der Waals surface area contributed by atoms with Crippen LogP contribution in [0, 0.1) is 0 Å². The lowest BCUT2D eigenvalue weighted by molar-refractivity contribution is -0.139. The van der Waals surface area contributed by atoms with Crippen LogP contribution in [0.5, 0.6) is 5.75 Å². The van der Waals surface area contributed by atoms with E-state index in [2.05, 4.69) is 0 Å². The van der Waals surface area contributed by atoms with Crippen LogP contribution in [-0.4, -0.2) is 31.3 Å². The third-order valence-corrected chi connectivity index (χ3v) is 2.03. The summed E-state index contributed by atoms with van der Waals surface area (Å²) in [7, 11) is 1.83. The van der Waals surface area contributed by atoms with Crippen LogP contribution in [0.2, 0.25) is 5.82 Å². The largest absolute Gasteiger partial charge is 0.482 e. The highest BCUT2D eigenvalue weighted by molar-refractivity contribution is 6.27. The number of carboxylic acid groups (broad SMARTS) is 1. The van der Waals surface area contributed by atoms with Crippen molar-refractivity contribution in [3.63, 3.8) is 0 Å². The van der Waals surface area contributed by atoms with Crippen molar-refractivity contribution < 1.29 is 19.4 Å². The van der Waals surface area contributed by atoms with Gasteiger partial charge in [-0.3, -0.25) is 4.79 Å². The highest BCUT2D eigenvalue weighted by Gasteiger charge is 2.10. The maximum Gasteiger partial charge on any atom is 0.341 e. The van der Waals surface area contributed by atoms with E-state index in [0.717, 1.165) is 0 Å². The van der Waals surface area contributed by atoms with Gasteiger partial charge in [-0.05, 0) is 30.1 Å². The van der Waals surface area contributed by atoms with Gasteiger partial charge in [-0.25, -0.2) is 4.79 Å². The third-order valence-electron chi connectivity index (χ3n) is 2.03. The molecule has 0 spiro atoms. The Morgan fingerprint density at radius 1 is 1.38 bits per heavy atom. The molecule has 84 valence electrons. The number of Topliss-reactive ketones (excluding diaryl/α,β-unsaturated/α-hetero) is 1. The van der Waals surface area contributed by atoms with E-state index in [0.29, 0.717) is 11.3 Å². The highest BCUT2D eigenvalue weighted by Crippen LogP contribution is 2.15. The summed E-state index contributed by atoms with van der Waals surface area (Å²) in [6.07, 6.45) is 0. The third kappa shape index (κ3) is 3.42. The fourth-order valence-electron chi connectivity index (χ4n) is 1.19. The van der Waals surface area contributed by atoms with Crippen LogP contribution in [0.3, 0.4) is 0 Å². The van der Waals surface area contributed by atoms with Gasteiger partial charge < -0.3 is 9.84 Å². The lowest BCUT2D eigenvalue weighted by Crippen LogP contribution is -2.10. The van der Waals surface area contributed by atoms with Crippen molar-refractivity contribution in [3.8, 4) is 5.75 Å². The van der Waals surface area contributed by atoms with E-state index in [4.69, 9.17) is 9.84 Å². The van der Waals surface area contributed by atoms with Gasteiger partial charge in [0.25, 0.3) is 0 Å². The van der Waals surface area contributed by atoms with Crippen molar-refractivity contribution >= 4 is 19.6 Å². The minimum absolute atomic E-state index is 0.0502. The number of carbonyl (C=O) groups excluding carboxylic acids is 1. The zero-order valence-electron chi connectivity index (χ0n) is 9.27. The summed E-state index contributed by atoms with van der Waals surface area (Å²) < 4.78 is 4.95. The molecule has 16 heavy (non-hydrogen) atoms. The van der Waals surface area contributed by atoms with E-state index < -0.39 is 5.97 Å². The molecule has 1 atom stereocenters. The van der Waals surface area contributed by atoms with Gasteiger partial charge in [-0.15, -0.1) is 0 Å². The van der Waals surface area contributed by atoms with E-state index in [-0.39, 0.29) is 18.2 Å². The fourth-order valence-corrected chi connectivity index (χ4v) is 1.19. The van der Waals surface area contributed by atoms with Gasteiger partial charge >= 0.3 is 5.97 Å². The van der Waals surface area contributed by atoms with E-state index in [1.165, 1.54) is 0 Å². The first-order chi connectivity index (χ1) is 7.50. The maximum absolute atomic E-state index is 11.6. The second kappa shape index (κ2) is 5.35. The molecule has 1 aromatic carbocycles. The van der Waals surface area contributed by atoms with Crippen LogP contribution < -0.4 is 4.74 Å². The topological polar surface area (TPSA) is 63.6 Å². The number of aliphatic carboxylic acids is 1. The van der Waals surface area contributed by atoms with Crippen LogP contribution in [0.4, 0.5) is 0 Å². The number of carbonyl (C=O) groups is 2. The molecule has 0 radical (unpaired) electrons. The summed E-state index contributed by atoms with van der Waals surface area (Å²) >= 11 is 0. The molecular weight excluding hydrogens is 207 g/mol. The zero-order chi connectivity index (χ0) is 12.1. The standard InChI is InChI=1S/C11H13BO4/c1-7(12)11(15)8-2-4-9(5-3-8)16-6-10(13)14/h2-5,7H,6,12H2,1H3,(H,13,14). The molecule has 0 heterocycles. The molecule has 1 N–H and O–H groups in total. The van der Waals surface area contributed by atoms with Gasteiger partial charge in [0.2, 0.25) is 0 Å². The monoisotopic (exact) mass is 220 g/mol.